The summed E-state index contributed by atoms with van der Waals surface area (Å²) in [6.45, 7) is 5.81. The number of hydrogen-bond donors (Lipinski definition) is 1. The van der Waals surface area contributed by atoms with Gasteiger partial charge in [0.15, 0.2) is 0 Å². The van der Waals surface area contributed by atoms with Crippen LogP contribution in [0.5, 0.6) is 0 Å². The third-order valence-corrected chi connectivity index (χ3v) is 7.64. The molecule has 10 nitrogen and oxygen atoms in total. The lowest BCUT2D eigenvalue weighted by atomic mass is 9.80. The lowest BCUT2D eigenvalue weighted by Gasteiger charge is -2.36. The van der Waals surface area contributed by atoms with Crippen molar-refractivity contribution in [3.8, 4) is 6.07 Å². The summed E-state index contributed by atoms with van der Waals surface area (Å²) in [6.07, 6.45) is 0.427. The topological polar surface area (TPSA) is 142 Å². The van der Waals surface area contributed by atoms with Gasteiger partial charge in [-0.25, -0.2) is 4.39 Å². The molecule has 0 bridgehead atoms. The number of anilines is 1. The number of carbonyl (C=O) groups excluding carboxylic acids is 3. The zero-order chi connectivity index (χ0) is 29.2. The number of benzene rings is 2. The van der Waals surface area contributed by atoms with Gasteiger partial charge in [0, 0.05) is 30.6 Å². The maximum Gasteiger partial charge on any atom is 0.246 e. The summed E-state index contributed by atoms with van der Waals surface area (Å²) in [5, 5.41) is 16.6. The van der Waals surface area contributed by atoms with Crippen LogP contribution in [0, 0.1) is 22.6 Å². The summed E-state index contributed by atoms with van der Waals surface area (Å²) in [5.74, 6) is -1.72. The summed E-state index contributed by atoms with van der Waals surface area (Å²) in [4.78, 5) is 46.5. The molecule has 2 aliphatic rings. The summed E-state index contributed by atoms with van der Waals surface area (Å²) in [7, 11) is 1.48. The van der Waals surface area contributed by atoms with Crippen LogP contribution in [-0.4, -0.2) is 59.2 Å². The minimum Gasteiger partial charge on any atom is -0.333 e. The van der Waals surface area contributed by atoms with E-state index in [0.29, 0.717) is 11.3 Å². The molecule has 4 rings (SSSR count). The van der Waals surface area contributed by atoms with Gasteiger partial charge in [-0.1, -0.05) is 56.2 Å². The molecule has 40 heavy (non-hydrogen) atoms. The van der Waals surface area contributed by atoms with Gasteiger partial charge in [0.05, 0.1) is 11.5 Å². The van der Waals surface area contributed by atoms with Crippen molar-refractivity contribution >= 4 is 23.4 Å². The van der Waals surface area contributed by atoms with E-state index >= 15 is 0 Å². The summed E-state index contributed by atoms with van der Waals surface area (Å²) in [6, 6.07) is 11.9. The Morgan fingerprint density at radius 3 is 2.58 bits per heavy atom. The second kappa shape index (κ2) is 11.0. The molecular weight excluding hydrogens is 513 g/mol. The zero-order valence-corrected chi connectivity index (χ0v) is 23.0. The predicted molar refractivity (Wildman–Crippen MR) is 146 cm³/mol. The monoisotopic (exact) mass is 545 g/mol. The Hall–Kier alpha value is -4.42. The van der Waals surface area contributed by atoms with Gasteiger partial charge < -0.3 is 15.1 Å². The fourth-order valence-electron chi connectivity index (χ4n) is 5.62. The number of nitrogens with one attached hydrogen (secondary N) is 1. The SMILES string of the molecule is CN(C(=O)C(Cc1ccc(F)cc1)N=[N+]=[N-])[C@@H](CC(C)(C)C)C(=O)N1C[C@]2(C[C@H]1C#N)C(=O)Nc1ccccc12. The Balaban J connectivity index is 1.65. The van der Waals surface area contributed by atoms with E-state index in [0.717, 1.165) is 5.56 Å². The number of nitrogens with zero attached hydrogens (tertiary/aromatic N) is 6. The Morgan fingerprint density at radius 2 is 1.95 bits per heavy atom. The number of hydrogen-bond acceptors (Lipinski definition) is 5. The van der Waals surface area contributed by atoms with Crippen LogP contribution < -0.4 is 5.32 Å². The van der Waals surface area contributed by atoms with Gasteiger partial charge >= 0.3 is 0 Å². The third-order valence-electron chi connectivity index (χ3n) is 7.64. The molecule has 2 aromatic rings. The van der Waals surface area contributed by atoms with Crippen LogP contribution in [0.3, 0.4) is 0 Å². The normalized spacial score (nSPS) is 21.1. The van der Waals surface area contributed by atoms with Crippen LogP contribution in [0.25, 0.3) is 10.4 Å². The van der Waals surface area contributed by atoms with Gasteiger partial charge in [-0.3, -0.25) is 14.4 Å². The van der Waals surface area contributed by atoms with Crippen LogP contribution in [0.1, 0.15) is 44.7 Å². The first-order valence-corrected chi connectivity index (χ1v) is 13.1. The van der Waals surface area contributed by atoms with E-state index in [1.807, 2.05) is 39.0 Å². The van der Waals surface area contributed by atoms with E-state index in [9.17, 15) is 24.0 Å². The average Bonchev–Trinajstić information content (AvgIpc) is 3.44. The van der Waals surface area contributed by atoms with Crippen molar-refractivity contribution in [3.05, 3.63) is 75.9 Å². The minimum absolute atomic E-state index is 0.00490. The number of likely N-dealkylation sites (N-methyl/N-ethyl adjacent to an activating group) is 1. The van der Waals surface area contributed by atoms with Crippen LogP contribution in [-0.2, 0) is 26.2 Å². The Kier molecular flexibility index (Phi) is 7.85. The second-order valence-corrected chi connectivity index (χ2v) is 11.7. The van der Waals surface area contributed by atoms with Crippen LogP contribution in [0.2, 0.25) is 0 Å². The molecule has 11 heteroatoms. The van der Waals surface area contributed by atoms with Gasteiger partial charge in [0.2, 0.25) is 17.7 Å². The molecule has 1 N–H and O–H groups in total. The fraction of sp³-hybridized carbons (Fsp3) is 0.448. The zero-order valence-electron chi connectivity index (χ0n) is 23.0. The smallest absolute Gasteiger partial charge is 0.246 e. The van der Waals surface area contributed by atoms with E-state index in [2.05, 4.69) is 21.4 Å². The van der Waals surface area contributed by atoms with Crippen LogP contribution in [0.15, 0.2) is 53.6 Å². The average molecular weight is 546 g/mol. The molecule has 1 fully saturated rings. The summed E-state index contributed by atoms with van der Waals surface area (Å²) in [5.41, 5.74) is 9.72. The highest BCUT2D eigenvalue weighted by atomic mass is 19.1. The van der Waals surface area contributed by atoms with Gasteiger partial charge in [-0.2, -0.15) is 5.26 Å². The lowest BCUT2D eigenvalue weighted by molar-refractivity contribution is -0.146. The molecule has 2 aliphatic heterocycles. The minimum atomic E-state index is -1.17. The van der Waals surface area contributed by atoms with Crippen molar-refractivity contribution in [2.75, 3.05) is 18.9 Å². The van der Waals surface area contributed by atoms with Crippen molar-refractivity contribution in [2.24, 2.45) is 10.5 Å². The fourth-order valence-corrected chi connectivity index (χ4v) is 5.62. The van der Waals surface area contributed by atoms with Gasteiger partial charge in [-0.15, -0.1) is 0 Å². The highest BCUT2D eigenvalue weighted by molar-refractivity contribution is 6.07. The number of halogens is 1. The molecule has 208 valence electrons. The van der Waals surface area contributed by atoms with E-state index in [1.165, 1.54) is 41.1 Å². The first-order valence-electron chi connectivity index (χ1n) is 13.1. The second-order valence-electron chi connectivity index (χ2n) is 11.7. The predicted octanol–water partition coefficient (Wildman–Crippen LogP) is 4.32. The van der Waals surface area contributed by atoms with Crippen molar-refractivity contribution in [2.45, 2.75) is 63.6 Å². The molecule has 1 saturated heterocycles. The Morgan fingerprint density at radius 1 is 1.27 bits per heavy atom. The first-order chi connectivity index (χ1) is 18.9. The van der Waals surface area contributed by atoms with Crippen LogP contribution >= 0.6 is 0 Å². The molecule has 2 aromatic carbocycles. The highest BCUT2D eigenvalue weighted by Crippen LogP contribution is 2.46. The molecule has 0 saturated carbocycles. The van der Waals surface area contributed by atoms with Crippen molar-refractivity contribution in [3.63, 3.8) is 0 Å². The van der Waals surface area contributed by atoms with Crippen LogP contribution in [0.4, 0.5) is 10.1 Å². The molecule has 0 radical (unpaired) electrons. The number of fused-ring (bicyclic) bond motifs is 2. The number of para-hydroxylation sites is 1. The lowest BCUT2D eigenvalue weighted by Crippen LogP contribution is -2.54. The highest BCUT2D eigenvalue weighted by Gasteiger charge is 2.56. The standard InChI is InChI=1S/C29H32FN7O3/c1-28(2,3)15-24(36(4)25(38)23(34-35-32)13-18-9-11-19(30)12-10-18)26(39)37-17-29(14-20(37)16-31)21-7-5-6-8-22(21)33-27(29)40/h5-12,20,23-24H,13-15,17H2,1-4H3,(H,33,40)/t20-,23?,24-,29-/m0/s1. The number of rotatable bonds is 7. The van der Waals surface area contributed by atoms with Gasteiger partial charge in [-0.05, 0) is 53.1 Å². The largest absolute Gasteiger partial charge is 0.333 e. The van der Waals surface area contributed by atoms with Crippen molar-refractivity contribution in [1.82, 2.24) is 9.80 Å². The molecule has 3 amide bonds. The number of likely N-dealkylation sites (tertiary alicyclic amines) is 1. The quantitative estimate of drug-likeness (QED) is 0.314. The van der Waals surface area contributed by atoms with E-state index in [-0.39, 0.29) is 31.7 Å². The summed E-state index contributed by atoms with van der Waals surface area (Å²) < 4.78 is 13.4. The van der Waals surface area contributed by atoms with Crippen molar-refractivity contribution in [1.29, 1.82) is 5.26 Å². The summed E-state index contributed by atoms with van der Waals surface area (Å²) >= 11 is 0. The Bertz CT molecular complexity index is 1410. The van der Waals surface area contributed by atoms with Crippen molar-refractivity contribution < 1.29 is 18.8 Å². The molecular formula is C29H32FN7O3. The Labute approximate surface area is 232 Å². The molecule has 1 spiro atoms. The molecule has 2 heterocycles. The van der Waals surface area contributed by atoms with E-state index < -0.39 is 46.6 Å². The number of amides is 3. The number of nitriles is 1. The number of carbonyl (C=O) groups is 3. The third kappa shape index (κ3) is 5.49. The van der Waals surface area contributed by atoms with Gasteiger partial charge in [0.1, 0.15) is 23.9 Å². The molecule has 0 aromatic heterocycles. The molecule has 4 atom stereocenters. The number of azide groups is 1. The van der Waals surface area contributed by atoms with Gasteiger partial charge in [0.25, 0.3) is 0 Å². The van der Waals surface area contributed by atoms with E-state index in [1.54, 1.807) is 6.07 Å². The molecule has 1 unspecified atom stereocenters. The maximum absolute atomic E-state index is 14.2. The molecule has 0 aliphatic carbocycles. The van der Waals surface area contributed by atoms with E-state index in [4.69, 9.17) is 5.53 Å². The maximum atomic E-state index is 14.2. The first kappa shape index (κ1) is 28.6.